The zero-order valence-corrected chi connectivity index (χ0v) is 16.1. The van der Waals surface area contributed by atoms with Gasteiger partial charge in [-0.15, -0.1) is 0 Å². The molecule has 0 radical (unpaired) electrons. The van der Waals surface area contributed by atoms with Crippen LogP contribution in [0.15, 0.2) is 66.7 Å². The third-order valence-electron chi connectivity index (χ3n) is 4.11. The molecule has 0 bridgehead atoms. The van der Waals surface area contributed by atoms with Crippen LogP contribution >= 0.6 is 23.2 Å². The van der Waals surface area contributed by atoms with Gasteiger partial charge in [0.25, 0.3) is 5.91 Å². The van der Waals surface area contributed by atoms with Crippen molar-refractivity contribution in [1.82, 2.24) is 9.97 Å². The normalized spacial score (nSPS) is 10.8. The Kier molecular flexibility index (Phi) is 5.19. The summed E-state index contributed by atoms with van der Waals surface area (Å²) in [4.78, 5) is 20.2. The average molecular weight is 412 g/mol. The van der Waals surface area contributed by atoms with Gasteiger partial charge in [0.1, 0.15) is 11.6 Å². The number of aromatic nitrogens is 2. The van der Waals surface area contributed by atoms with Crippen LogP contribution in [-0.2, 0) is 4.79 Å². The minimum absolute atomic E-state index is 0.160. The first kappa shape index (κ1) is 18.3. The lowest BCUT2D eigenvalue weighted by Crippen LogP contribution is -2.20. The number of imidazole rings is 1. The molecule has 0 aliphatic rings. The summed E-state index contributed by atoms with van der Waals surface area (Å²) in [6.45, 7) is -0.160. The van der Waals surface area contributed by atoms with Crippen LogP contribution in [0.3, 0.4) is 0 Å². The molecule has 0 saturated carbocycles. The summed E-state index contributed by atoms with van der Waals surface area (Å²) < 4.78 is 5.49. The molecule has 0 saturated heterocycles. The summed E-state index contributed by atoms with van der Waals surface area (Å²) in [6, 6.07) is 20.1. The summed E-state index contributed by atoms with van der Waals surface area (Å²) in [5.41, 5.74) is 3.23. The van der Waals surface area contributed by atoms with Crippen molar-refractivity contribution in [3.63, 3.8) is 0 Å². The van der Waals surface area contributed by atoms with Crippen LogP contribution in [0.5, 0.6) is 5.75 Å². The SMILES string of the molecule is O=C(COc1ccc(Cl)c(Cl)c1)Nc1ccccc1-c1nc2ccccc2[nH]1. The molecule has 0 fully saturated rings. The Hall–Kier alpha value is -3.02. The topological polar surface area (TPSA) is 67.0 Å². The van der Waals surface area contributed by atoms with E-state index in [9.17, 15) is 4.79 Å². The first-order valence-corrected chi connectivity index (χ1v) is 9.27. The number of halogens is 2. The van der Waals surface area contributed by atoms with Gasteiger partial charge >= 0.3 is 0 Å². The Morgan fingerprint density at radius 2 is 1.79 bits per heavy atom. The van der Waals surface area contributed by atoms with E-state index in [-0.39, 0.29) is 12.5 Å². The van der Waals surface area contributed by atoms with Crippen molar-refractivity contribution in [2.45, 2.75) is 0 Å². The number of benzene rings is 3. The van der Waals surface area contributed by atoms with Crippen molar-refractivity contribution >= 4 is 45.8 Å². The number of carbonyl (C=O) groups is 1. The lowest BCUT2D eigenvalue weighted by atomic mass is 10.1. The number of rotatable bonds is 5. The number of H-pyrrole nitrogens is 1. The van der Waals surface area contributed by atoms with E-state index in [1.807, 2.05) is 48.5 Å². The monoisotopic (exact) mass is 411 g/mol. The fraction of sp³-hybridized carbons (Fsp3) is 0.0476. The molecule has 1 aromatic heterocycles. The van der Waals surface area contributed by atoms with Gasteiger partial charge in [-0.2, -0.15) is 0 Å². The number of para-hydroxylation sites is 3. The number of fused-ring (bicyclic) bond motifs is 1. The Labute approximate surface area is 171 Å². The second kappa shape index (κ2) is 7.92. The molecule has 4 aromatic rings. The van der Waals surface area contributed by atoms with Gasteiger partial charge in [-0.05, 0) is 36.4 Å². The molecule has 0 aliphatic heterocycles. The molecule has 0 unspecified atom stereocenters. The van der Waals surface area contributed by atoms with E-state index in [2.05, 4.69) is 15.3 Å². The minimum atomic E-state index is -0.297. The molecule has 0 aliphatic carbocycles. The molecule has 2 N–H and O–H groups in total. The van der Waals surface area contributed by atoms with Crippen LogP contribution in [0.1, 0.15) is 0 Å². The van der Waals surface area contributed by atoms with Gasteiger partial charge in [-0.25, -0.2) is 4.98 Å². The molecule has 0 spiro atoms. The summed E-state index contributed by atoms with van der Waals surface area (Å²) in [5, 5.41) is 3.67. The number of aromatic amines is 1. The average Bonchev–Trinajstić information content (AvgIpc) is 3.13. The number of amides is 1. The van der Waals surface area contributed by atoms with Gasteiger partial charge in [0.15, 0.2) is 6.61 Å². The zero-order chi connectivity index (χ0) is 19.5. The van der Waals surface area contributed by atoms with Gasteiger partial charge < -0.3 is 15.0 Å². The van der Waals surface area contributed by atoms with Crippen molar-refractivity contribution in [3.8, 4) is 17.1 Å². The Morgan fingerprint density at radius 3 is 2.61 bits per heavy atom. The Morgan fingerprint density at radius 1 is 1.00 bits per heavy atom. The van der Waals surface area contributed by atoms with Crippen molar-refractivity contribution in [1.29, 1.82) is 0 Å². The van der Waals surface area contributed by atoms with Crippen molar-refractivity contribution in [2.75, 3.05) is 11.9 Å². The number of carbonyl (C=O) groups excluding carboxylic acids is 1. The first-order valence-electron chi connectivity index (χ1n) is 8.52. The van der Waals surface area contributed by atoms with Crippen molar-refractivity contribution < 1.29 is 9.53 Å². The third-order valence-corrected chi connectivity index (χ3v) is 4.85. The van der Waals surface area contributed by atoms with Crippen LogP contribution in [-0.4, -0.2) is 22.5 Å². The molecule has 0 atom stereocenters. The van der Waals surface area contributed by atoms with Crippen molar-refractivity contribution in [2.24, 2.45) is 0 Å². The summed E-state index contributed by atoms with van der Waals surface area (Å²) in [5.74, 6) is 0.854. The number of hydrogen-bond acceptors (Lipinski definition) is 3. The van der Waals surface area contributed by atoms with Gasteiger partial charge in [-0.3, -0.25) is 4.79 Å². The maximum atomic E-state index is 12.4. The zero-order valence-electron chi connectivity index (χ0n) is 14.6. The quantitative estimate of drug-likeness (QED) is 0.451. The van der Waals surface area contributed by atoms with E-state index in [0.29, 0.717) is 27.3 Å². The molecule has 140 valence electrons. The lowest BCUT2D eigenvalue weighted by Gasteiger charge is -2.11. The largest absolute Gasteiger partial charge is 0.484 e. The molecule has 5 nitrogen and oxygen atoms in total. The van der Waals surface area contributed by atoms with Gasteiger partial charge in [0.2, 0.25) is 0 Å². The van der Waals surface area contributed by atoms with E-state index in [4.69, 9.17) is 27.9 Å². The lowest BCUT2D eigenvalue weighted by molar-refractivity contribution is -0.118. The summed E-state index contributed by atoms with van der Waals surface area (Å²) in [6.07, 6.45) is 0. The molecular formula is C21H15Cl2N3O2. The molecule has 4 rings (SSSR count). The van der Waals surface area contributed by atoms with Gasteiger partial charge in [0.05, 0.1) is 26.8 Å². The second-order valence-electron chi connectivity index (χ2n) is 6.06. The first-order chi connectivity index (χ1) is 13.6. The number of hydrogen-bond donors (Lipinski definition) is 2. The maximum Gasteiger partial charge on any atom is 0.262 e. The number of nitrogens with zero attached hydrogens (tertiary/aromatic N) is 1. The van der Waals surface area contributed by atoms with Gasteiger partial charge in [-0.1, -0.05) is 47.5 Å². The van der Waals surface area contributed by atoms with E-state index in [0.717, 1.165) is 16.6 Å². The van der Waals surface area contributed by atoms with Crippen LogP contribution in [0.4, 0.5) is 5.69 Å². The molecule has 7 heteroatoms. The highest BCUT2D eigenvalue weighted by atomic mass is 35.5. The van der Waals surface area contributed by atoms with Crippen LogP contribution in [0.2, 0.25) is 10.0 Å². The summed E-state index contributed by atoms with van der Waals surface area (Å²) in [7, 11) is 0. The molecule has 28 heavy (non-hydrogen) atoms. The number of anilines is 1. The Balaban J connectivity index is 1.50. The van der Waals surface area contributed by atoms with E-state index >= 15 is 0 Å². The minimum Gasteiger partial charge on any atom is -0.484 e. The fourth-order valence-corrected chi connectivity index (χ4v) is 3.07. The second-order valence-corrected chi connectivity index (χ2v) is 6.88. The van der Waals surface area contributed by atoms with E-state index in [1.54, 1.807) is 18.2 Å². The number of ether oxygens (including phenoxy) is 1. The third kappa shape index (κ3) is 3.96. The maximum absolute atomic E-state index is 12.4. The highest BCUT2D eigenvalue weighted by Crippen LogP contribution is 2.28. The highest BCUT2D eigenvalue weighted by Gasteiger charge is 2.12. The molecule has 1 heterocycles. The molecule has 3 aromatic carbocycles. The van der Waals surface area contributed by atoms with Crippen LogP contribution in [0, 0.1) is 0 Å². The molecule has 1 amide bonds. The smallest absolute Gasteiger partial charge is 0.262 e. The van der Waals surface area contributed by atoms with Gasteiger partial charge in [0, 0.05) is 11.6 Å². The van der Waals surface area contributed by atoms with Crippen LogP contribution < -0.4 is 10.1 Å². The van der Waals surface area contributed by atoms with E-state index in [1.165, 1.54) is 0 Å². The predicted molar refractivity (Wildman–Crippen MR) is 112 cm³/mol. The Bertz CT molecular complexity index is 1120. The fourth-order valence-electron chi connectivity index (χ4n) is 2.78. The summed E-state index contributed by atoms with van der Waals surface area (Å²) >= 11 is 11.8. The van der Waals surface area contributed by atoms with E-state index < -0.39 is 0 Å². The van der Waals surface area contributed by atoms with Crippen molar-refractivity contribution in [3.05, 3.63) is 76.8 Å². The highest BCUT2D eigenvalue weighted by molar-refractivity contribution is 6.42. The predicted octanol–water partition coefficient (Wildman–Crippen LogP) is 5.55. The molecular weight excluding hydrogens is 397 g/mol. The number of nitrogens with one attached hydrogen (secondary N) is 2. The standard InChI is InChI=1S/C21H15Cl2N3O2/c22-15-10-9-13(11-16(15)23)28-12-20(27)24-17-6-2-1-5-14(17)21-25-18-7-3-4-8-19(18)26-21/h1-11H,12H2,(H,24,27)(H,25,26). The van der Waals surface area contributed by atoms with Crippen LogP contribution in [0.25, 0.3) is 22.4 Å².